The van der Waals surface area contributed by atoms with Gasteiger partial charge in [0.1, 0.15) is 11.4 Å². The number of aryl methyl sites for hydroxylation is 1. The molecular weight excluding hydrogens is 399 g/mol. The summed E-state index contributed by atoms with van der Waals surface area (Å²) in [4.78, 5) is 14.1. The molecule has 0 aromatic heterocycles. The van der Waals surface area contributed by atoms with E-state index in [0.717, 1.165) is 12.1 Å². The van der Waals surface area contributed by atoms with Crippen LogP contribution in [0.25, 0.3) is 0 Å². The Balaban J connectivity index is 1.78. The summed E-state index contributed by atoms with van der Waals surface area (Å²) in [5.41, 5.74) is -1.27. The minimum Gasteiger partial charge on any atom is -0.392 e. The molecule has 0 aliphatic carbocycles. The Morgan fingerprint density at radius 1 is 1.20 bits per heavy atom. The molecular formula is C21H24F3N3O3. The van der Waals surface area contributed by atoms with E-state index in [0.29, 0.717) is 5.56 Å². The Morgan fingerprint density at radius 2 is 1.90 bits per heavy atom. The number of nitrogens with one attached hydrogen (secondary N) is 2. The van der Waals surface area contributed by atoms with Gasteiger partial charge in [-0.25, -0.2) is 13.2 Å². The van der Waals surface area contributed by atoms with Gasteiger partial charge in [0.2, 0.25) is 0 Å². The minimum atomic E-state index is -1.30. The maximum Gasteiger partial charge on any atom is 0.256 e. The second kappa shape index (κ2) is 8.63. The molecule has 1 saturated heterocycles. The van der Waals surface area contributed by atoms with Crippen LogP contribution in [0.4, 0.5) is 24.5 Å². The zero-order valence-electron chi connectivity index (χ0n) is 16.7. The smallest absolute Gasteiger partial charge is 0.256 e. The molecule has 1 fully saturated rings. The molecule has 1 atom stereocenters. The lowest BCUT2D eigenvalue weighted by Crippen LogP contribution is -2.67. The molecule has 1 amide bonds. The van der Waals surface area contributed by atoms with Gasteiger partial charge >= 0.3 is 0 Å². The maximum absolute atomic E-state index is 14.5. The maximum atomic E-state index is 14.5. The SMILES string of the molecule is Cc1ccc(Nc2c(C(=O)N3CC(O)(CNCC(C)O)C3)ccc(F)c2F)c(F)c1. The number of benzene rings is 2. The summed E-state index contributed by atoms with van der Waals surface area (Å²) in [7, 11) is 0. The molecule has 30 heavy (non-hydrogen) atoms. The number of carbonyl (C=O) groups is 1. The average Bonchev–Trinajstić information content (AvgIpc) is 2.64. The Kier molecular flexibility index (Phi) is 6.35. The number of hydrogen-bond acceptors (Lipinski definition) is 5. The Bertz CT molecular complexity index is 947. The number of hydrogen-bond donors (Lipinski definition) is 4. The van der Waals surface area contributed by atoms with Crippen molar-refractivity contribution in [3.8, 4) is 0 Å². The van der Waals surface area contributed by atoms with Crippen LogP contribution in [0.15, 0.2) is 30.3 Å². The molecule has 4 N–H and O–H groups in total. The van der Waals surface area contributed by atoms with E-state index in [1.165, 1.54) is 17.0 Å². The lowest BCUT2D eigenvalue weighted by atomic mass is 9.92. The van der Waals surface area contributed by atoms with Crippen LogP contribution in [0.5, 0.6) is 0 Å². The molecule has 2 aromatic rings. The van der Waals surface area contributed by atoms with Crippen molar-refractivity contribution in [3.05, 3.63) is 58.9 Å². The standard InChI is InChI=1S/C21H24F3N3O3/c1-12-3-6-17(16(23)7-12)26-19-14(4-5-15(22)18(19)24)20(29)27-10-21(30,11-27)9-25-8-13(2)28/h3-7,13,25-26,28,30H,8-11H2,1-2H3. The molecule has 0 radical (unpaired) electrons. The van der Waals surface area contributed by atoms with Gasteiger partial charge in [-0.1, -0.05) is 6.07 Å². The number of anilines is 2. The number of amides is 1. The lowest BCUT2D eigenvalue weighted by molar-refractivity contribution is -0.0792. The summed E-state index contributed by atoms with van der Waals surface area (Å²) in [5.74, 6) is -3.76. The van der Waals surface area contributed by atoms with Gasteiger partial charge in [-0.05, 0) is 43.7 Å². The fourth-order valence-electron chi connectivity index (χ4n) is 3.31. The summed E-state index contributed by atoms with van der Waals surface area (Å²) in [6.45, 7) is 3.70. The third-order valence-corrected chi connectivity index (χ3v) is 4.86. The monoisotopic (exact) mass is 423 g/mol. The Morgan fingerprint density at radius 3 is 2.53 bits per heavy atom. The van der Waals surface area contributed by atoms with Gasteiger partial charge in [-0.15, -0.1) is 0 Å². The predicted molar refractivity (Wildman–Crippen MR) is 106 cm³/mol. The Hall–Kier alpha value is -2.62. The van der Waals surface area contributed by atoms with Crippen LogP contribution in [-0.2, 0) is 0 Å². The highest BCUT2D eigenvalue weighted by Gasteiger charge is 2.44. The van der Waals surface area contributed by atoms with Crippen molar-refractivity contribution < 1.29 is 28.2 Å². The first-order chi connectivity index (χ1) is 14.1. The number of halogens is 3. The fraction of sp³-hybridized carbons (Fsp3) is 0.381. The van der Waals surface area contributed by atoms with E-state index in [9.17, 15) is 28.2 Å². The summed E-state index contributed by atoms with van der Waals surface area (Å²) in [5, 5.41) is 25.1. The van der Waals surface area contributed by atoms with Crippen molar-refractivity contribution in [2.45, 2.75) is 25.6 Å². The number of β-amino-alcohol motifs (C(OH)–C–C–N with tert-alkyl or cyclic N) is 1. The molecule has 0 saturated carbocycles. The highest BCUT2D eigenvalue weighted by molar-refractivity contribution is 6.01. The zero-order valence-corrected chi connectivity index (χ0v) is 16.7. The summed E-state index contributed by atoms with van der Waals surface area (Å²) in [6.07, 6.45) is -0.579. The molecule has 1 aliphatic rings. The number of likely N-dealkylation sites (tertiary alicyclic amines) is 1. The van der Waals surface area contributed by atoms with Crippen LogP contribution in [0, 0.1) is 24.4 Å². The third-order valence-electron chi connectivity index (χ3n) is 4.86. The first-order valence-electron chi connectivity index (χ1n) is 9.51. The minimum absolute atomic E-state index is 0.0179. The third kappa shape index (κ3) is 4.75. The number of carbonyl (C=O) groups excluding carboxylic acids is 1. The first kappa shape index (κ1) is 22.1. The fourth-order valence-corrected chi connectivity index (χ4v) is 3.31. The first-order valence-corrected chi connectivity index (χ1v) is 9.51. The van der Waals surface area contributed by atoms with Crippen molar-refractivity contribution in [2.24, 2.45) is 0 Å². The van der Waals surface area contributed by atoms with Crippen LogP contribution >= 0.6 is 0 Å². The van der Waals surface area contributed by atoms with Crippen LogP contribution < -0.4 is 10.6 Å². The van der Waals surface area contributed by atoms with Gasteiger partial charge in [0.05, 0.1) is 36.1 Å². The van der Waals surface area contributed by atoms with E-state index < -0.39 is 40.8 Å². The lowest BCUT2D eigenvalue weighted by Gasteiger charge is -2.46. The molecule has 1 unspecified atom stereocenters. The Labute approximate surface area is 172 Å². The van der Waals surface area contributed by atoms with Gasteiger partial charge in [-0.2, -0.15) is 0 Å². The van der Waals surface area contributed by atoms with Crippen molar-refractivity contribution in [1.29, 1.82) is 0 Å². The highest BCUT2D eigenvalue weighted by atomic mass is 19.2. The van der Waals surface area contributed by atoms with Crippen molar-refractivity contribution in [3.63, 3.8) is 0 Å². The summed E-state index contributed by atoms with van der Waals surface area (Å²) < 4.78 is 42.5. The van der Waals surface area contributed by atoms with Gasteiger partial charge in [0, 0.05) is 13.1 Å². The second-order valence-electron chi connectivity index (χ2n) is 7.76. The largest absolute Gasteiger partial charge is 0.392 e. The number of aliphatic hydroxyl groups is 2. The molecule has 2 aromatic carbocycles. The molecule has 162 valence electrons. The molecule has 1 heterocycles. The van der Waals surface area contributed by atoms with Crippen LogP contribution in [0.3, 0.4) is 0 Å². The van der Waals surface area contributed by atoms with Gasteiger partial charge in [0.15, 0.2) is 11.6 Å². The number of aliphatic hydroxyl groups excluding tert-OH is 1. The van der Waals surface area contributed by atoms with Crippen molar-refractivity contribution in [2.75, 3.05) is 31.5 Å². The van der Waals surface area contributed by atoms with E-state index in [1.807, 2.05) is 0 Å². The predicted octanol–water partition coefficient (Wildman–Crippen LogP) is 2.31. The van der Waals surface area contributed by atoms with Gasteiger partial charge in [0.25, 0.3) is 5.91 Å². The second-order valence-corrected chi connectivity index (χ2v) is 7.76. The van der Waals surface area contributed by atoms with Crippen LogP contribution in [-0.4, -0.2) is 58.9 Å². The molecule has 6 nitrogen and oxygen atoms in total. The van der Waals surface area contributed by atoms with Gasteiger partial charge < -0.3 is 25.7 Å². The topological polar surface area (TPSA) is 84.8 Å². The van der Waals surface area contributed by atoms with E-state index >= 15 is 0 Å². The van der Waals surface area contributed by atoms with Crippen molar-refractivity contribution >= 4 is 17.3 Å². The van der Waals surface area contributed by atoms with E-state index in [2.05, 4.69) is 10.6 Å². The summed E-state index contributed by atoms with van der Waals surface area (Å²) >= 11 is 0. The van der Waals surface area contributed by atoms with E-state index in [4.69, 9.17) is 0 Å². The normalized spacial score (nSPS) is 16.2. The van der Waals surface area contributed by atoms with Crippen molar-refractivity contribution in [1.82, 2.24) is 10.2 Å². The van der Waals surface area contributed by atoms with E-state index in [-0.39, 0.29) is 37.4 Å². The molecule has 1 aliphatic heterocycles. The van der Waals surface area contributed by atoms with Crippen LogP contribution in [0.2, 0.25) is 0 Å². The zero-order chi connectivity index (χ0) is 22.1. The number of rotatable bonds is 7. The quantitative estimate of drug-likeness (QED) is 0.549. The average molecular weight is 423 g/mol. The van der Waals surface area contributed by atoms with E-state index in [1.54, 1.807) is 19.9 Å². The van der Waals surface area contributed by atoms with Crippen LogP contribution in [0.1, 0.15) is 22.8 Å². The number of nitrogens with zero attached hydrogens (tertiary/aromatic N) is 1. The molecule has 9 heteroatoms. The molecule has 3 rings (SSSR count). The summed E-state index contributed by atoms with van der Waals surface area (Å²) in [6, 6.07) is 6.16. The van der Waals surface area contributed by atoms with Gasteiger partial charge in [-0.3, -0.25) is 4.79 Å². The highest BCUT2D eigenvalue weighted by Crippen LogP contribution is 2.31. The molecule has 0 spiro atoms. The molecule has 0 bridgehead atoms.